The summed E-state index contributed by atoms with van der Waals surface area (Å²) in [6.07, 6.45) is 4.88. The maximum absolute atomic E-state index is 5.86. The molecule has 20 heavy (non-hydrogen) atoms. The molecule has 1 aliphatic heterocycles. The Morgan fingerprint density at radius 1 is 1.20 bits per heavy atom. The second kappa shape index (κ2) is 6.76. The third kappa shape index (κ3) is 3.96. The normalized spacial score (nSPS) is 38.9. The molecule has 1 saturated heterocycles. The minimum Gasteiger partial charge on any atom is -0.373 e. The lowest BCUT2D eigenvalue weighted by molar-refractivity contribution is -0.0761. The molecule has 1 N–H and O–H groups in total. The Hall–Kier alpha value is -0.120. The Morgan fingerprint density at radius 2 is 1.85 bits per heavy atom. The Labute approximate surface area is 125 Å². The number of rotatable bonds is 4. The van der Waals surface area contributed by atoms with Crippen LogP contribution in [0.1, 0.15) is 53.9 Å². The molecule has 118 valence electrons. The molecule has 3 heteroatoms. The van der Waals surface area contributed by atoms with Crippen LogP contribution in [0.4, 0.5) is 0 Å². The fourth-order valence-corrected chi connectivity index (χ4v) is 4.40. The van der Waals surface area contributed by atoms with Crippen molar-refractivity contribution in [1.82, 2.24) is 10.2 Å². The molecule has 0 radical (unpaired) electrons. The van der Waals surface area contributed by atoms with Crippen molar-refractivity contribution >= 4 is 0 Å². The van der Waals surface area contributed by atoms with Gasteiger partial charge in [-0.25, -0.2) is 0 Å². The summed E-state index contributed by atoms with van der Waals surface area (Å²) < 4.78 is 5.86. The van der Waals surface area contributed by atoms with Crippen LogP contribution < -0.4 is 5.32 Å². The molecule has 1 heterocycles. The molecule has 0 aromatic heterocycles. The van der Waals surface area contributed by atoms with Gasteiger partial charge < -0.3 is 10.1 Å². The summed E-state index contributed by atoms with van der Waals surface area (Å²) >= 11 is 0. The predicted octanol–water partition coefficient (Wildman–Crippen LogP) is 2.90. The van der Waals surface area contributed by atoms with Gasteiger partial charge in [0.1, 0.15) is 0 Å². The van der Waals surface area contributed by atoms with E-state index in [9.17, 15) is 0 Å². The van der Waals surface area contributed by atoms with Gasteiger partial charge in [-0.15, -0.1) is 0 Å². The number of nitrogens with one attached hydrogen (secondary N) is 1. The van der Waals surface area contributed by atoms with Crippen LogP contribution >= 0.6 is 0 Å². The highest BCUT2D eigenvalue weighted by molar-refractivity contribution is 4.94. The molecule has 4 unspecified atom stereocenters. The summed E-state index contributed by atoms with van der Waals surface area (Å²) in [5.41, 5.74) is 0.433. The van der Waals surface area contributed by atoms with Crippen LogP contribution in [0.5, 0.6) is 0 Å². The first kappa shape index (κ1) is 16.3. The maximum atomic E-state index is 5.86. The molecule has 0 aromatic rings. The van der Waals surface area contributed by atoms with Crippen molar-refractivity contribution in [3.8, 4) is 0 Å². The van der Waals surface area contributed by atoms with Crippen molar-refractivity contribution < 1.29 is 4.74 Å². The molecule has 3 nitrogen and oxygen atoms in total. The van der Waals surface area contributed by atoms with E-state index in [-0.39, 0.29) is 0 Å². The van der Waals surface area contributed by atoms with Gasteiger partial charge in [-0.1, -0.05) is 27.2 Å². The monoisotopic (exact) mass is 282 g/mol. The van der Waals surface area contributed by atoms with Crippen LogP contribution in [0.2, 0.25) is 0 Å². The van der Waals surface area contributed by atoms with E-state index in [1.54, 1.807) is 0 Å². The third-order valence-electron chi connectivity index (χ3n) is 5.12. The number of hydrogen-bond donors (Lipinski definition) is 1. The highest BCUT2D eigenvalue weighted by atomic mass is 16.5. The van der Waals surface area contributed by atoms with Gasteiger partial charge in [0.05, 0.1) is 12.2 Å². The molecule has 2 fully saturated rings. The van der Waals surface area contributed by atoms with Crippen molar-refractivity contribution in [2.45, 2.75) is 72.1 Å². The highest BCUT2D eigenvalue weighted by Gasteiger charge is 2.39. The Bertz CT molecular complexity index is 295. The van der Waals surface area contributed by atoms with E-state index in [0.29, 0.717) is 23.7 Å². The summed E-state index contributed by atoms with van der Waals surface area (Å²) in [7, 11) is 0. The molecule has 2 rings (SSSR count). The fourth-order valence-electron chi connectivity index (χ4n) is 4.40. The van der Waals surface area contributed by atoms with Gasteiger partial charge in [-0.3, -0.25) is 4.90 Å². The third-order valence-corrected chi connectivity index (χ3v) is 5.12. The number of ether oxygens (including phenoxy) is 1. The number of nitrogens with zero attached hydrogens (tertiary/aromatic N) is 1. The Morgan fingerprint density at radius 3 is 2.45 bits per heavy atom. The van der Waals surface area contributed by atoms with E-state index >= 15 is 0 Å². The maximum Gasteiger partial charge on any atom is 0.0678 e. The zero-order valence-electron chi connectivity index (χ0n) is 14.1. The highest BCUT2D eigenvalue weighted by Crippen LogP contribution is 2.39. The molecule has 2 aliphatic rings. The zero-order chi connectivity index (χ0) is 14.8. The zero-order valence-corrected chi connectivity index (χ0v) is 14.1. The minimum absolute atomic E-state index is 0.382. The quantitative estimate of drug-likeness (QED) is 0.858. The van der Waals surface area contributed by atoms with E-state index in [1.165, 1.54) is 25.8 Å². The molecule has 0 amide bonds. The van der Waals surface area contributed by atoms with Gasteiger partial charge in [0.15, 0.2) is 0 Å². The summed E-state index contributed by atoms with van der Waals surface area (Å²) in [6, 6.07) is 0.662. The van der Waals surface area contributed by atoms with Crippen LogP contribution in [-0.2, 0) is 4.74 Å². The molecular formula is C17H34N2O. The molecule has 1 aliphatic carbocycles. The summed E-state index contributed by atoms with van der Waals surface area (Å²) in [6.45, 7) is 16.0. The first-order valence-electron chi connectivity index (χ1n) is 8.53. The van der Waals surface area contributed by atoms with E-state index in [0.717, 1.165) is 25.6 Å². The Balaban J connectivity index is 1.98. The van der Waals surface area contributed by atoms with Crippen molar-refractivity contribution in [3.05, 3.63) is 0 Å². The lowest BCUT2D eigenvalue weighted by atomic mass is 9.67. The summed E-state index contributed by atoms with van der Waals surface area (Å²) in [5.74, 6) is 0.788. The first-order valence-corrected chi connectivity index (χ1v) is 8.53. The van der Waals surface area contributed by atoms with Gasteiger partial charge in [0.25, 0.3) is 0 Å². The van der Waals surface area contributed by atoms with Gasteiger partial charge in [0, 0.05) is 25.7 Å². The van der Waals surface area contributed by atoms with Crippen molar-refractivity contribution in [1.29, 1.82) is 0 Å². The first-order chi connectivity index (χ1) is 9.42. The number of hydrogen-bond acceptors (Lipinski definition) is 3. The topological polar surface area (TPSA) is 24.5 Å². The van der Waals surface area contributed by atoms with E-state index in [4.69, 9.17) is 4.74 Å². The van der Waals surface area contributed by atoms with E-state index < -0.39 is 0 Å². The van der Waals surface area contributed by atoms with Gasteiger partial charge in [0.2, 0.25) is 0 Å². The second-order valence-electron chi connectivity index (χ2n) is 7.65. The van der Waals surface area contributed by atoms with Crippen molar-refractivity contribution in [2.24, 2.45) is 11.3 Å². The van der Waals surface area contributed by atoms with Gasteiger partial charge >= 0.3 is 0 Å². The molecule has 0 bridgehead atoms. The summed E-state index contributed by atoms with van der Waals surface area (Å²) in [5, 5.41) is 3.78. The lowest BCUT2D eigenvalue weighted by Crippen LogP contribution is -2.55. The van der Waals surface area contributed by atoms with E-state index in [2.05, 4.69) is 44.8 Å². The van der Waals surface area contributed by atoms with Gasteiger partial charge in [-0.2, -0.15) is 0 Å². The second-order valence-corrected chi connectivity index (χ2v) is 7.65. The molecule has 4 atom stereocenters. The fraction of sp³-hybridized carbons (Fsp3) is 1.00. The lowest BCUT2D eigenvalue weighted by Gasteiger charge is -2.47. The van der Waals surface area contributed by atoms with Crippen molar-refractivity contribution in [2.75, 3.05) is 26.2 Å². The van der Waals surface area contributed by atoms with Crippen LogP contribution in [0.3, 0.4) is 0 Å². The average molecular weight is 282 g/mol. The van der Waals surface area contributed by atoms with Crippen molar-refractivity contribution in [3.63, 3.8) is 0 Å². The predicted molar refractivity (Wildman–Crippen MR) is 85.0 cm³/mol. The van der Waals surface area contributed by atoms with E-state index in [1.807, 2.05) is 0 Å². The Kier molecular flexibility index (Phi) is 5.49. The van der Waals surface area contributed by atoms with Crippen LogP contribution in [-0.4, -0.2) is 49.3 Å². The average Bonchev–Trinajstić information content (AvgIpc) is 2.32. The van der Waals surface area contributed by atoms with Crippen LogP contribution in [0.25, 0.3) is 0 Å². The smallest absolute Gasteiger partial charge is 0.0678 e. The number of morpholine rings is 1. The van der Waals surface area contributed by atoms with Crippen LogP contribution in [0, 0.1) is 11.3 Å². The van der Waals surface area contributed by atoms with Crippen LogP contribution in [0.15, 0.2) is 0 Å². The molecular weight excluding hydrogens is 248 g/mol. The van der Waals surface area contributed by atoms with Gasteiger partial charge in [-0.05, 0) is 44.6 Å². The molecule has 1 saturated carbocycles. The largest absolute Gasteiger partial charge is 0.373 e. The molecule has 0 spiro atoms. The minimum atomic E-state index is 0.382. The SMILES string of the molecule is CCNC1C(CN2CC(C)OC(C)C2)CCCC1(C)C. The summed E-state index contributed by atoms with van der Waals surface area (Å²) in [4.78, 5) is 2.63. The standard InChI is InChI=1S/C17H34N2O/c1-6-18-16-15(8-7-9-17(16,4)5)12-19-10-13(2)20-14(3)11-19/h13-16,18H,6-12H2,1-5H3. The molecule has 0 aromatic carbocycles.